The fourth-order valence-corrected chi connectivity index (χ4v) is 3.31. The van der Waals surface area contributed by atoms with Gasteiger partial charge in [-0.2, -0.15) is 0 Å². The number of esters is 1. The summed E-state index contributed by atoms with van der Waals surface area (Å²) >= 11 is 3.03. The van der Waals surface area contributed by atoms with Gasteiger partial charge in [0.1, 0.15) is 15.7 Å². The summed E-state index contributed by atoms with van der Waals surface area (Å²) in [6.45, 7) is 2.20. The molecule has 0 saturated carbocycles. The van der Waals surface area contributed by atoms with Gasteiger partial charge in [-0.1, -0.05) is 0 Å². The number of hydrogen-bond donors (Lipinski definition) is 1. The smallest absolute Gasteiger partial charge is 0.334 e. The van der Waals surface area contributed by atoms with Crippen molar-refractivity contribution < 1.29 is 9.53 Å². The Morgan fingerprint density at radius 1 is 1.67 bits per heavy atom. The molecule has 0 bridgehead atoms. The van der Waals surface area contributed by atoms with Crippen LogP contribution in [0.4, 0.5) is 0 Å². The van der Waals surface area contributed by atoms with E-state index in [1.807, 2.05) is 5.38 Å². The van der Waals surface area contributed by atoms with E-state index in [1.54, 1.807) is 6.92 Å². The van der Waals surface area contributed by atoms with Crippen LogP contribution in [0.2, 0.25) is 0 Å². The topological polar surface area (TPSA) is 77.6 Å². The quantitative estimate of drug-likeness (QED) is 0.855. The zero-order valence-corrected chi connectivity index (χ0v) is 12.5. The van der Waals surface area contributed by atoms with Gasteiger partial charge in [0.25, 0.3) is 0 Å². The Morgan fingerprint density at radius 2 is 2.39 bits per heavy atom. The highest BCUT2D eigenvalue weighted by Gasteiger charge is 2.40. The van der Waals surface area contributed by atoms with Gasteiger partial charge in [-0.3, -0.25) is 4.99 Å². The molecule has 1 atom stereocenters. The molecule has 0 unspecified atom stereocenters. The maximum atomic E-state index is 11.6. The predicted molar refractivity (Wildman–Crippen MR) is 76.7 cm³/mol. The Bertz CT molecular complexity index is 477. The van der Waals surface area contributed by atoms with Crippen molar-refractivity contribution in [2.45, 2.75) is 19.0 Å². The van der Waals surface area contributed by atoms with Crippen LogP contribution in [-0.4, -0.2) is 34.4 Å². The predicted octanol–water partition coefficient (Wildman–Crippen LogP) is 1.45. The molecule has 18 heavy (non-hydrogen) atoms. The standard InChI is InChI=1S/C10H13N3O2S2.ClH/c1-10(9(14)15-2)5-17-8(13-10)6-4-16-7(3-11)12-6;/h4H,3,5,11H2,1-2H3;1H/t10-;/m0./s1. The Balaban J connectivity index is 0.00000162. The number of nitrogens with zero attached hydrogens (tertiary/aromatic N) is 2. The van der Waals surface area contributed by atoms with Crippen molar-refractivity contribution in [3.05, 3.63) is 16.1 Å². The molecule has 100 valence electrons. The summed E-state index contributed by atoms with van der Waals surface area (Å²) < 4.78 is 4.75. The number of ether oxygens (including phenoxy) is 1. The van der Waals surface area contributed by atoms with Gasteiger partial charge in [0.15, 0.2) is 5.54 Å². The molecule has 1 aromatic heterocycles. The summed E-state index contributed by atoms with van der Waals surface area (Å²) in [5.41, 5.74) is 5.52. The van der Waals surface area contributed by atoms with Crippen LogP contribution in [0.5, 0.6) is 0 Å². The van der Waals surface area contributed by atoms with Crippen molar-refractivity contribution in [3.63, 3.8) is 0 Å². The first-order valence-corrected chi connectivity index (χ1v) is 6.91. The van der Waals surface area contributed by atoms with E-state index in [9.17, 15) is 4.79 Å². The van der Waals surface area contributed by atoms with Gasteiger partial charge in [0.2, 0.25) is 0 Å². The minimum atomic E-state index is -0.790. The average molecular weight is 308 g/mol. The molecule has 2 rings (SSSR count). The highest BCUT2D eigenvalue weighted by molar-refractivity contribution is 8.14. The molecule has 0 fully saturated rings. The van der Waals surface area contributed by atoms with Crippen molar-refractivity contribution in [1.82, 2.24) is 4.98 Å². The van der Waals surface area contributed by atoms with Crippen LogP contribution in [0.3, 0.4) is 0 Å². The minimum absolute atomic E-state index is 0. The lowest BCUT2D eigenvalue weighted by Crippen LogP contribution is -2.34. The molecule has 0 amide bonds. The lowest BCUT2D eigenvalue weighted by atomic mass is 10.1. The molecule has 0 radical (unpaired) electrons. The third-order valence-electron chi connectivity index (χ3n) is 2.41. The Hall–Kier alpha value is -0.630. The Kier molecular flexibility index (Phi) is 5.15. The van der Waals surface area contributed by atoms with E-state index in [0.29, 0.717) is 12.3 Å². The first-order chi connectivity index (χ1) is 8.09. The number of thiazole rings is 1. The first kappa shape index (κ1) is 15.4. The van der Waals surface area contributed by atoms with E-state index in [4.69, 9.17) is 10.5 Å². The second kappa shape index (κ2) is 6.01. The van der Waals surface area contributed by atoms with Crippen molar-refractivity contribution >= 4 is 46.5 Å². The van der Waals surface area contributed by atoms with Crippen LogP contribution >= 0.6 is 35.5 Å². The molecule has 2 N–H and O–H groups in total. The zero-order chi connectivity index (χ0) is 12.5. The minimum Gasteiger partial charge on any atom is -0.467 e. The summed E-state index contributed by atoms with van der Waals surface area (Å²) in [6.07, 6.45) is 0. The molecule has 2 heterocycles. The van der Waals surface area contributed by atoms with Crippen LogP contribution in [0.25, 0.3) is 0 Å². The van der Waals surface area contributed by atoms with E-state index < -0.39 is 5.54 Å². The van der Waals surface area contributed by atoms with Gasteiger partial charge in [0, 0.05) is 17.7 Å². The van der Waals surface area contributed by atoms with E-state index in [0.717, 1.165) is 15.7 Å². The third-order valence-corrected chi connectivity index (χ3v) is 4.56. The van der Waals surface area contributed by atoms with Gasteiger partial charge in [-0.05, 0) is 6.92 Å². The molecule has 8 heteroatoms. The molecule has 1 aliphatic rings. The summed E-state index contributed by atoms with van der Waals surface area (Å²) in [7, 11) is 1.38. The Labute approximate surface area is 120 Å². The van der Waals surface area contributed by atoms with Crippen LogP contribution in [-0.2, 0) is 16.1 Å². The summed E-state index contributed by atoms with van der Waals surface area (Å²) in [5, 5.41) is 3.57. The van der Waals surface area contributed by atoms with Gasteiger partial charge in [-0.25, -0.2) is 9.78 Å². The van der Waals surface area contributed by atoms with Crippen molar-refractivity contribution in [3.8, 4) is 0 Å². The number of halogens is 1. The summed E-state index contributed by atoms with van der Waals surface area (Å²) in [6, 6.07) is 0. The first-order valence-electron chi connectivity index (χ1n) is 5.05. The number of carbonyl (C=O) groups excluding carboxylic acids is 1. The van der Waals surface area contributed by atoms with Crippen LogP contribution in [0, 0.1) is 0 Å². The van der Waals surface area contributed by atoms with E-state index >= 15 is 0 Å². The summed E-state index contributed by atoms with van der Waals surface area (Å²) in [5.74, 6) is 0.277. The summed E-state index contributed by atoms with van der Waals surface area (Å²) in [4.78, 5) is 20.4. The normalized spacial score (nSPS) is 22.3. The largest absolute Gasteiger partial charge is 0.467 e. The van der Waals surface area contributed by atoms with Crippen molar-refractivity contribution in [1.29, 1.82) is 0 Å². The molecule has 1 aromatic rings. The second-order valence-electron chi connectivity index (χ2n) is 3.80. The third kappa shape index (κ3) is 2.85. The highest BCUT2D eigenvalue weighted by Crippen LogP contribution is 2.32. The SMILES string of the molecule is COC(=O)[C@]1(C)CSC(c2csc(CN)n2)=N1.Cl. The zero-order valence-electron chi connectivity index (χ0n) is 10.0. The molecule has 5 nitrogen and oxygen atoms in total. The number of thioether (sulfide) groups is 1. The van der Waals surface area contributed by atoms with E-state index in [1.165, 1.54) is 30.2 Å². The number of carbonyl (C=O) groups is 1. The lowest BCUT2D eigenvalue weighted by molar-refractivity contribution is -0.145. The molecule has 1 aliphatic heterocycles. The van der Waals surface area contributed by atoms with Crippen molar-refractivity contribution in [2.24, 2.45) is 10.7 Å². The van der Waals surface area contributed by atoms with E-state index in [-0.39, 0.29) is 18.4 Å². The lowest BCUT2D eigenvalue weighted by Gasteiger charge is -2.15. The second-order valence-corrected chi connectivity index (χ2v) is 5.71. The maximum absolute atomic E-state index is 11.6. The van der Waals surface area contributed by atoms with Gasteiger partial charge in [0.05, 0.1) is 7.11 Å². The molecule has 0 aromatic carbocycles. The maximum Gasteiger partial charge on any atom is 0.334 e. The molecular formula is C10H14ClN3O2S2. The monoisotopic (exact) mass is 307 g/mol. The highest BCUT2D eigenvalue weighted by atomic mass is 35.5. The number of aromatic nitrogens is 1. The van der Waals surface area contributed by atoms with Gasteiger partial charge < -0.3 is 10.5 Å². The fourth-order valence-electron chi connectivity index (χ4n) is 1.46. The number of methoxy groups -OCH3 is 1. The van der Waals surface area contributed by atoms with Gasteiger partial charge >= 0.3 is 5.97 Å². The van der Waals surface area contributed by atoms with Crippen molar-refractivity contribution in [2.75, 3.05) is 12.9 Å². The molecule has 0 aliphatic carbocycles. The van der Waals surface area contributed by atoms with Crippen LogP contribution in [0.15, 0.2) is 10.4 Å². The average Bonchev–Trinajstić information content (AvgIpc) is 2.94. The number of hydrogen-bond acceptors (Lipinski definition) is 7. The number of aliphatic imine (C=N–C) groups is 1. The van der Waals surface area contributed by atoms with Crippen LogP contribution < -0.4 is 5.73 Å². The molecule has 0 saturated heterocycles. The number of nitrogens with two attached hydrogens (primary N) is 1. The Morgan fingerprint density at radius 3 is 2.94 bits per heavy atom. The number of rotatable bonds is 3. The van der Waals surface area contributed by atoms with E-state index in [2.05, 4.69) is 9.98 Å². The van der Waals surface area contributed by atoms with Gasteiger partial charge in [-0.15, -0.1) is 35.5 Å². The molecular weight excluding hydrogens is 294 g/mol. The van der Waals surface area contributed by atoms with Crippen LogP contribution in [0.1, 0.15) is 17.6 Å². The molecule has 0 spiro atoms. The fraction of sp³-hybridized carbons (Fsp3) is 0.500.